The highest BCUT2D eigenvalue weighted by Crippen LogP contribution is 1.91. The number of carboxylic acid groups (broad SMARTS) is 1. The highest BCUT2D eigenvalue weighted by atomic mass is 16.6. The molecule has 0 aliphatic carbocycles. The van der Waals surface area contributed by atoms with Gasteiger partial charge in [-0.05, 0) is 6.42 Å². The van der Waals surface area contributed by atoms with Crippen LogP contribution in [0.15, 0.2) is 0 Å². The maximum absolute atomic E-state index is 11.3. The van der Waals surface area contributed by atoms with Crippen LogP contribution in [0.25, 0.3) is 0 Å². The zero-order valence-corrected chi connectivity index (χ0v) is 17.0. The van der Waals surface area contributed by atoms with E-state index in [2.05, 4.69) is 10.1 Å². The molecule has 0 aliphatic heterocycles. The van der Waals surface area contributed by atoms with Crippen molar-refractivity contribution in [2.24, 2.45) is 0 Å². The van der Waals surface area contributed by atoms with Crippen molar-refractivity contribution in [3.63, 3.8) is 0 Å². The number of hydrogen-bond donors (Lipinski definition) is 2. The quantitative estimate of drug-likeness (QED) is 0.185. The third-order valence-electron chi connectivity index (χ3n) is 3.09. The summed E-state index contributed by atoms with van der Waals surface area (Å²) >= 11 is 0. The van der Waals surface area contributed by atoms with Crippen LogP contribution in [0.4, 0.5) is 0 Å². The predicted octanol–water partition coefficient (Wildman–Crippen LogP) is -0.386. The number of carboxylic acids is 1. The average molecular weight is 423 g/mol. The molecule has 2 N–H and O–H groups in total. The molecule has 0 aromatic carbocycles. The smallest absolute Gasteiger partial charge is 0.329 e. The second-order valence-corrected chi connectivity index (χ2v) is 5.66. The number of aliphatic carboxylic acids is 1. The van der Waals surface area contributed by atoms with Gasteiger partial charge in [0.1, 0.15) is 19.8 Å². The zero-order chi connectivity index (χ0) is 21.6. The Hall–Kier alpha value is -1.79. The van der Waals surface area contributed by atoms with Gasteiger partial charge < -0.3 is 38.8 Å². The molecule has 0 radical (unpaired) electrons. The summed E-state index contributed by atoms with van der Waals surface area (Å²) in [5.74, 6) is -1.73. The van der Waals surface area contributed by atoms with Crippen molar-refractivity contribution in [1.82, 2.24) is 5.32 Å². The number of rotatable bonds is 21. The van der Waals surface area contributed by atoms with Crippen LogP contribution >= 0.6 is 0 Å². The van der Waals surface area contributed by atoms with Crippen molar-refractivity contribution in [2.45, 2.75) is 19.8 Å². The van der Waals surface area contributed by atoms with Crippen LogP contribution in [-0.4, -0.2) is 102 Å². The lowest BCUT2D eigenvalue weighted by atomic mass is 10.3. The first kappa shape index (κ1) is 27.2. The van der Waals surface area contributed by atoms with E-state index in [1.54, 1.807) is 0 Å². The summed E-state index contributed by atoms with van der Waals surface area (Å²) < 4.78 is 30.8. The monoisotopic (exact) mass is 423 g/mol. The van der Waals surface area contributed by atoms with Crippen molar-refractivity contribution >= 4 is 17.8 Å². The Morgan fingerprint density at radius 3 is 1.76 bits per heavy atom. The van der Waals surface area contributed by atoms with Gasteiger partial charge in [0.2, 0.25) is 5.91 Å². The summed E-state index contributed by atoms with van der Waals surface area (Å²) in [5.41, 5.74) is 0. The molecule has 0 spiro atoms. The van der Waals surface area contributed by atoms with E-state index in [0.717, 1.165) is 6.42 Å². The molecule has 11 heteroatoms. The summed E-state index contributed by atoms with van der Waals surface area (Å²) in [7, 11) is 0. The molecule has 0 bridgehead atoms. The first-order chi connectivity index (χ1) is 14.1. The molecule has 0 fully saturated rings. The van der Waals surface area contributed by atoms with Gasteiger partial charge in [0.05, 0.1) is 52.9 Å². The number of nitrogens with one attached hydrogen (secondary N) is 1. The number of carbonyl (C=O) groups is 3. The third kappa shape index (κ3) is 22.4. The molecular weight excluding hydrogens is 390 g/mol. The van der Waals surface area contributed by atoms with E-state index in [1.807, 2.05) is 6.92 Å². The molecule has 0 unspecified atom stereocenters. The van der Waals surface area contributed by atoms with Gasteiger partial charge in [-0.1, -0.05) is 6.92 Å². The summed E-state index contributed by atoms with van der Waals surface area (Å²) in [4.78, 5) is 32.6. The van der Waals surface area contributed by atoms with Crippen molar-refractivity contribution < 1.29 is 47.9 Å². The lowest BCUT2D eigenvalue weighted by Gasteiger charge is -2.08. The van der Waals surface area contributed by atoms with Crippen molar-refractivity contribution in [3.8, 4) is 0 Å². The summed E-state index contributed by atoms with van der Waals surface area (Å²) in [6.45, 7) is 4.82. The van der Waals surface area contributed by atoms with Crippen molar-refractivity contribution in [2.75, 3.05) is 79.2 Å². The molecule has 170 valence electrons. The maximum atomic E-state index is 11.3. The van der Waals surface area contributed by atoms with Crippen LogP contribution in [-0.2, 0) is 42.8 Å². The molecule has 0 rings (SSSR count). The Bertz CT molecular complexity index is 433. The van der Waals surface area contributed by atoms with Gasteiger partial charge in [-0.2, -0.15) is 0 Å². The van der Waals surface area contributed by atoms with Crippen LogP contribution < -0.4 is 5.32 Å². The number of carbonyl (C=O) groups excluding carboxylic acids is 2. The summed E-state index contributed by atoms with van der Waals surface area (Å²) in [6, 6.07) is 0. The SMILES string of the molecule is CCCC(=O)OCCOCCOCCOCCOCCNC(=O)COCC(=O)O. The Balaban J connectivity index is 3.16. The van der Waals surface area contributed by atoms with E-state index in [4.69, 9.17) is 28.8 Å². The molecule has 0 aliphatic rings. The van der Waals surface area contributed by atoms with E-state index >= 15 is 0 Å². The predicted molar refractivity (Wildman–Crippen MR) is 101 cm³/mol. The minimum atomic E-state index is -1.12. The molecule has 0 aromatic heterocycles. The van der Waals surface area contributed by atoms with Crippen molar-refractivity contribution in [1.29, 1.82) is 0 Å². The molecule has 0 saturated heterocycles. The molecule has 29 heavy (non-hydrogen) atoms. The van der Waals surface area contributed by atoms with Gasteiger partial charge in [0.25, 0.3) is 0 Å². The minimum absolute atomic E-state index is 0.208. The van der Waals surface area contributed by atoms with Crippen LogP contribution in [0.1, 0.15) is 19.8 Å². The van der Waals surface area contributed by atoms with Crippen LogP contribution in [0, 0.1) is 0 Å². The molecule has 0 atom stereocenters. The lowest BCUT2D eigenvalue weighted by Crippen LogP contribution is -2.31. The minimum Gasteiger partial charge on any atom is -0.480 e. The van der Waals surface area contributed by atoms with Crippen LogP contribution in [0.3, 0.4) is 0 Å². The van der Waals surface area contributed by atoms with Gasteiger partial charge >= 0.3 is 11.9 Å². The molecule has 0 aromatic rings. The fourth-order valence-corrected chi connectivity index (χ4v) is 1.80. The van der Waals surface area contributed by atoms with Gasteiger partial charge in [0, 0.05) is 13.0 Å². The average Bonchev–Trinajstić information content (AvgIpc) is 2.67. The van der Waals surface area contributed by atoms with E-state index in [-0.39, 0.29) is 19.2 Å². The lowest BCUT2D eigenvalue weighted by molar-refractivity contribution is -0.145. The van der Waals surface area contributed by atoms with Crippen molar-refractivity contribution in [3.05, 3.63) is 0 Å². The fraction of sp³-hybridized carbons (Fsp3) is 0.833. The van der Waals surface area contributed by atoms with E-state index in [1.165, 1.54) is 0 Å². The zero-order valence-electron chi connectivity index (χ0n) is 17.0. The highest BCUT2D eigenvalue weighted by Gasteiger charge is 2.03. The number of hydrogen-bond acceptors (Lipinski definition) is 9. The third-order valence-corrected chi connectivity index (χ3v) is 3.09. The van der Waals surface area contributed by atoms with Gasteiger partial charge in [-0.15, -0.1) is 0 Å². The van der Waals surface area contributed by atoms with E-state index in [0.29, 0.717) is 65.8 Å². The van der Waals surface area contributed by atoms with Crippen LogP contribution in [0.5, 0.6) is 0 Å². The highest BCUT2D eigenvalue weighted by molar-refractivity contribution is 5.77. The van der Waals surface area contributed by atoms with Gasteiger partial charge in [0.15, 0.2) is 0 Å². The second kappa shape index (κ2) is 20.9. The van der Waals surface area contributed by atoms with Gasteiger partial charge in [-0.25, -0.2) is 4.79 Å². The Morgan fingerprint density at radius 2 is 1.24 bits per heavy atom. The fourth-order valence-electron chi connectivity index (χ4n) is 1.80. The second-order valence-electron chi connectivity index (χ2n) is 5.66. The first-order valence-corrected chi connectivity index (χ1v) is 9.59. The number of esters is 1. The standard InChI is InChI=1S/C18H33NO10/c1-2-3-18(23)29-13-12-27-11-10-26-9-8-25-7-6-24-5-4-19-16(20)14-28-15-17(21)22/h2-15H2,1H3,(H,19,20)(H,21,22). The molecule has 1 amide bonds. The topological polar surface area (TPSA) is 139 Å². The Kier molecular flexibility index (Phi) is 19.6. The maximum Gasteiger partial charge on any atom is 0.329 e. The Labute approximate surface area is 170 Å². The Morgan fingerprint density at radius 1 is 0.724 bits per heavy atom. The summed E-state index contributed by atoms with van der Waals surface area (Å²) in [6.07, 6.45) is 1.20. The largest absolute Gasteiger partial charge is 0.480 e. The molecular formula is C18H33NO10. The van der Waals surface area contributed by atoms with E-state index in [9.17, 15) is 14.4 Å². The normalized spacial score (nSPS) is 10.7. The van der Waals surface area contributed by atoms with Crippen LogP contribution in [0.2, 0.25) is 0 Å². The number of ether oxygens (including phenoxy) is 6. The first-order valence-electron chi connectivity index (χ1n) is 9.59. The summed E-state index contributed by atoms with van der Waals surface area (Å²) in [5, 5.41) is 10.9. The molecule has 0 saturated carbocycles. The van der Waals surface area contributed by atoms with E-state index < -0.39 is 18.5 Å². The van der Waals surface area contributed by atoms with Gasteiger partial charge in [-0.3, -0.25) is 9.59 Å². The molecule has 0 heterocycles. The molecule has 11 nitrogen and oxygen atoms in total. The number of amides is 1.